The van der Waals surface area contributed by atoms with Crippen LogP contribution >= 0.6 is 0 Å². The van der Waals surface area contributed by atoms with Crippen LogP contribution in [0.2, 0.25) is 0 Å². The topological polar surface area (TPSA) is 92.8 Å². The summed E-state index contributed by atoms with van der Waals surface area (Å²) in [6.07, 6.45) is 1.08. The Bertz CT molecular complexity index is 541. The van der Waals surface area contributed by atoms with Crippen molar-refractivity contribution in [3.05, 3.63) is 38.4 Å². The van der Waals surface area contributed by atoms with Crippen LogP contribution in [0.5, 0.6) is 0 Å². The van der Waals surface area contributed by atoms with E-state index in [0.717, 1.165) is 32.1 Å². The van der Waals surface area contributed by atoms with E-state index in [4.69, 9.17) is 0 Å². The van der Waals surface area contributed by atoms with Crippen LogP contribution in [0.3, 0.4) is 0 Å². The molecule has 1 aliphatic rings. The van der Waals surface area contributed by atoms with E-state index in [1.54, 1.807) is 0 Å². The van der Waals surface area contributed by atoms with Gasteiger partial charge in [0.25, 0.3) is 11.4 Å². The minimum Gasteiger partial charge on any atom is -0.363 e. The molecule has 0 saturated carbocycles. The van der Waals surface area contributed by atoms with Crippen LogP contribution in [0.25, 0.3) is 0 Å². The highest BCUT2D eigenvalue weighted by Gasteiger charge is 2.25. The third-order valence-electron chi connectivity index (χ3n) is 3.62. The van der Waals surface area contributed by atoms with E-state index in [2.05, 4.69) is 11.8 Å². The number of hydrogen-bond acceptors (Lipinski definition) is 6. The standard InChI is InChI=1S/C13H18N4O4/c1-2-5-14-6-8-15(9-7-14)12-4-3-11(16(18)19)10-13(12)17(20)21/h3-4,10H,2,5-9H2,1H3. The number of nitro groups is 2. The molecule has 0 spiro atoms. The molecule has 0 amide bonds. The van der Waals surface area contributed by atoms with Gasteiger partial charge < -0.3 is 4.90 Å². The maximum atomic E-state index is 11.2. The number of nitro benzene ring substituents is 2. The van der Waals surface area contributed by atoms with Gasteiger partial charge in [0.15, 0.2) is 0 Å². The predicted molar refractivity (Wildman–Crippen MR) is 78.7 cm³/mol. The van der Waals surface area contributed by atoms with Crippen molar-refractivity contribution in [2.24, 2.45) is 0 Å². The molecule has 0 radical (unpaired) electrons. The summed E-state index contributed by atoms with van der Waals surface area (Å²) >= 11 is 0. The van der Waals surface area contributed by atoms with E-state index in [1.807, 2.05) is 4.90 Å². The largest absolute Gasteiger partial charge is 0.363 e. The van der Waals surface area contributed by atoms with E-state index in [9.17, 15) is 20.2 Å². The van der Waals surface area contributed by atoms with Crippen molar-refractivity contribution < 1.29 is 9.85 Å². The third kappa shape index (κ3) is 3.46. The van der Waals surface area contributed by atoms with Gasteiger partial charge in [-0.3, -0.25) is 25.1 Å². The Morgan fingerprint density at radius 2 is 1.76 bits per heavy atom. The van der Waals surface area contributed by atoms with Crippen molar-refractivity contribution in [1.29, 1.82) is 0 Å². The molecule has 21 heavy (non-hydrogen) atoms. The fourth-order valence-electron chi connectivity index (χ4n) is 2.57. The average molecular weight is 294 g/mol. The molecule has 8 heteroatoms. The number of hydrogen-bond donors (Lipinski definition) is 0. The van der Waals surface area contributed by atoms with Gasteiger partial charge in [0, 0.05) is 32.2 Å². The monoisotopic (exact) mass is 294 g/mol. The molecule has 1 saturated heterocycles. The van der Waals surface area contributed by atoms with Gasteiger partial charge in [-0.05, 0) is 19.0 Å². The molecule has 1 heterocycles. The van der Waals surface area contributed by atoms with Gasteiger partial charge in [-0.15, -0.1) is 0 Å². The summed E-state index contributed by atoms with van der Waals surface area (Å²) < 4.78 is 0. The van der Waals surface area contributed by atoms with Crippen molar-refractivity contribution in [3.8, 4) is 0 Å². The first-order chi connectivity index (χ1) is 10.0. The minimum absolute atomic E-state index is 0.201. The highest BCUT2D eigenvalue weighted by atomic mass is 16.6. The lowest BCUT2D eigenvalue weighted by Crippen LogP contribution is -2.46. The quantitative estimate of drug-likeness (QED) is 0.609. The maximum Gasteiger partial charge on any atom is 0.299 e. The molecule has 0 unspecified atom stereocenters. The lowest BCUT2D eigenvalue weighted by atomic mass is 10.2. The van der Waals surface area contributed by atoms with Crippen molar-refractivity contribution in [1.82, 2.24) is 4.90 Å². The molecule has 1 aliphatic heterocycles. The highest BCUT2D eigenvalue weighted by Crippen LogP contribution is 2.32. The first-order valence-electron chi connectivity index (χ1n) is 6.93. The summed E-state index contributed by atoms with van der Waals surface area (Å²) in [5, 5.41) is 21.9. The van der Waals surface area contributed by atoms with Gasteiger partial charge in [-0.1, -0.05) is 6.92 Å². The second-order valence-electron chi connectivity index (χ2n) is 5.02. The number of anilines is 1. The maximum absolute atomic E-state index is 11.2. The molecule has 0 aliphatic carbocycles. The van der Waals surface area contributed by atoms with Gasteiger partial charge in [0.2, 0.25) is 0 Å². The molecule has 0 atom stereocenters. The highest BCUT2D eigenvalue weighted by molar-refractivity contribution is 5.67. The normalized spacial score (nSPS) is 16.0. The Kier molecular flexibility index (Phi) is 4.69. The fraction of sp³-hybridized carbons (Fsp3) is 0.538. The molecule has 114 valence electrons. The summed E-state index contributed by atoms with van der Waals surface area (Å²) in [6, 6.07) is 3.83. The van der Waals surface area contributed by atoms with Crippen molar-refractivity contribution in [3.63, 3.8) is 0 Å². The summed E-state index contributed by atoms with van der Waals surface area (Å²) in [6.45, 7) is 6.23. The number of benzene rings is 1. The molecule has 1 fully saturated rings. The average Bonchev–Trinajstić information content (AvgIpc) is 2.47. The number of nitrogens with zero attached hydrogens (tertiary/aromatic N) is 4. The SMILES string of the molecule is CCCN1CCN(c2ccc([N+](=O)[O-])cc2[N+](=O)[O-])CC1. The van der Waals surface area contributed by atoms with Gasteiger partial charge in [-0.25, -0.2) is 0 Å². The van der Waals surface area contributed by atoms with Gasteiger partial charge in [0.1, 0.15) is 5.69 Å². The molecular weight excluding hydrogens is 276 g/mol. The molecule has 0 aromatic heterocycles. The molecule has 0 bridgehead atoms. The van der Waals surface area contributed by atoms with Crippen LogP contribution in [0, 0.1) is 20.2 Å². The van der Waals surface area contributed by atoms with Gasteiger partial charge in [0.05, 0.1) is 15.9 Å². The van der Waals surface area contributed by atoms with Crippen LogP contribution in [0.4, 0.5) is 17.1 Å². The number of rotatable bonds is 5. The van der Waals surface area contributed by atoms with Crippen molar-refractivity contribution in [2.45, 2.75) is 13.3 Å². The van der Waals surface area contributed by atoms with Crippen LogP contribution < -0.4 is 4.90 Å². The molecule has 2 rings (SSSR count). The van der Waals surface area contributed by atoms with E-state index in [-0.39, 0.29) is 11.4 Å². The Morgan fingerprint density at radius 1 is 1.10 bits per heavy atom. The van der Waals surface area contributed by atoms with Gasteiger partial charge >= 0.3 is 0 Å². The van der Waals surface area contributed by atoms with E-state index >= 15 is 0 Å². The van der Waals surface area contributed by atoms with E-state index in [1.165, 1.54) is 12.1 Å². The summed E-state index contributed by atoms with van der Waals surface area (Å²) in [5.41, 5.74) is 0.00459. The zero-order chi connectivity index (χ0) is 15.4. The van der Waals surface area contributed by atoms with Crippen molar-refractivity contribution in [2.75, 3.05) is 37.6 Å². The first-order valence-corrected chi connectivity index (χ1v) is 6.93. The lowest BCUT2D eigenvalue weighted by Gasteiger charge is -2.35. The summed E-state index contributed by atoms with van der Waals surface area (Å²) in [7, 11) is 0. The number of non-ortho nitro benzene ring substituents is 1. The predicted octanol–water partition coefficient (Wildman–Crippen LogP) is 2.04. The van der Waals surface area contributed by atoms with Crippen LogP contribution in [0.15, 0.2) is 18.2 Å². The lowest BCUT2D eigenvalue weighted by molar-refractivity contribution is -0.393. The third-order valence-corrected chi connectivity index (χ3v) is 3.62. The Labute approximate surface area is 122 Å². The molecule has 8 nitrogen and oxygen atoms in total. The second-order valence-corrected chi connectivity index (χ2v) is 5.02. The Balaban J connectivity index is 2.20. The Morgan fingerprint density at radius 3 is 2.29 bits per heavy atom. The zero-order valence-corrected chi connectivity index (χ0v) is 11.9. The van der Waals surface area contributed by atoms with Crippen molar-refractivity contribution >= 4 is 17.1 Å². The molecule has 1 aromatic rings. The van der Waals surface area contributed by atoms with E-state index < -0.39 is 9.85 Å². The zero-order valence-electron chi connectivity index (χ0n) is 11.9. The molecule has 1 aromatic carbocycles. The van der Waals surface area contributed by atoms with Crippen LogP contribution in [-0.4, -0.2) is 47.5 Å². The van der Waals surface area contributed by atoms with E-state index in [0.29, 0.717) is 18.8 Å². The smallest absolute Gasteiger partial charge is 0.299 e. The van der Waals surface area contributed by atoms with Gasteiger partial charge in [-0.2, -0.15) is 0 Å². The molecule has 0 N–H and O–H groups in total. The second kappa shape index (κ2) is 6.49. The van der Waals surface area contributed by atoms with Crippen LogP contribution in [-0.2, 0) is 0 Å². The fourth-order valence-corrected chi connectivity index (χ4v) is 2.57. The Hall–Kier alpha value is -2.22. The summed E-state index contributed by atoms with van der Waals surface area (Å²) in [4.78, 5) is 25.0. The van der Waals surface area contributed by atoms with Crippen LogP contribution in [0.1, 0.15) is 13.3 Å². The minimum atomic E-state index is -0.615. The molecular formula is C13H18N4O4. The first kappa shape index (κ1) is 15.2. The summed E-state index contributed by atoms with van der Waals surface area (Å²) in [5.74, 6) is 0. The number of piperazine rings is 1.